The van der Waals surface area contributed by atoms with E-state index in [1.807, 2.05) is 0 Å². The number of carbonyl (C=O) groups is 1. The Bertz CT molecular complexity index is 451. The molecule has 1 aromatic carbocycles. The molecule has 2 nitrogen and oxygen atoms in total. The van der Waals surface area contributed by atoms with Crippen molar-refractivity contribution in [3.8, 4) is 0 Å². The summed E-state index contributed by atoms with van der Waals surface area (Å²) in [6.07, 6.45) is 2.01. The minimum atomic E-state index is -2.89. The normalized spacial score (nSPS) is 12.3. The van der Waals surface area contributed by atoms with E-state index in [0.717, 1.165) is 6.08 Å². The third-order valence-electron chi connectivity index (χ3n) is 2.39. The topological polar surface area (TPSA) is 37.3 Å². The zero-order chi connectivity index (χ0) is 13.8. The van der Waals surface area contributed by atoms with Gasteiger partial charge in [0.15, 0.2) is 0 Å². The van der Waals surface area contributed by atoms with Gasteiger partial charge in [0.1, 0.15) is 0 Å². The van der Waals surface area contributed by atoms with Gasteiger partial charge in [-0.3, -0.25) is 0 Å². The molecule has 0 unspecified atom stereocenters. The van der Waals surface area contributed by atoms with Crippen LogP contribution in [0.3, 0.4) is 0 Å². The standard InChI is InChI=1S/C14H16F2O2/c1-10(2)9-14(15,16)12-5-3-4-11(8-12)6-7-13(17)18/h3-8,10H,9H2,1-2H3,(H,17,18)/b7-6+. The van der Waals surface area contributed by atoms with Gasteiger partial charge in [-0.1, -0.05) is 32.0 Å². The molecule has 0 saturated heterocycles. The Morgan fingerprint density at radius 1 is 1.44 bits per heavy atom. The first-order valence-electron chi connectivity index (χ1n) is 5.70. The molecule has 98 valence electrons. The number of hydrogen-bond acceptors (Lipinski definition) is 1. The number of rotatable bonds is 5. The maximum Gasteiger partial charge on any atom is 0.328 e. The molecule has 0 aliphatic carbocycles. The van der Waals surface area contributed by atoms with Crippen LogP contribution in [0.1, 0.15) is 31.4 Å². The van der Waals surface area contributed by atoms with Gasteiger partial charge in [0, 0.05) is 18.1 Å². The largest absolute Gasteiger partial charge is 0.478 e. The lowest BCUT2D eigenvalue weighted by atomic mass is 9.97. The summed E-state index contributed by atoms with van der Waals surface area (Å²) in [7, 11) is 0. The number of carboxylic acids is 1. The first-order chi connectivity index (χ1) is 8.31. The van der Waals surface area contributed by atoms with Gasteiger partial charge in [0.25, 0.3) is 5.92 Å². The number of aliphatic carboxylic acids is 1. The van der Waals surface area contributed by atoms with Gasteiger partial charge in [-0.25, -0.2) is 13.6 Å². The van der Waals surface area contributed by atoms with E-state index < -0.39 is 11.9 Å². The van der Waals surface area contributed by atoms with E-state index in [0.29, 0.717) is 5.56 Å². The van der Waals surface area contributed by atoms with E-state index in [9.17, 15) is 13.6 Å². The fourth-order valence-electron chi connectivity index (χ4n) is 1.67. The lowest BCUT2D eigenvalue weighted by Crippen LogP contribution is -2.16. The number of carboxylic acid groups (broad SMARTS) is 1. The highest BCUT2D eigenvalue weighted by molar-refractivity contribution is 5.85. The number of alkyl halides is 2. The van der Waals surface area contributed by atoms with Gasteiger partial charge in [-0.15, -0.1) is 0 Å². The second-order valence-corrected chi connectivity index (χ2v) is 4.60. The SMILES string of the molecule is CC(C)CC(F)(F)c1cccc(/C=C/C(=O)O)c1. The van der Waals surface area contributed by atoms with Crippen LogP contribution >= 0.6 is 0 Å². The van der Waals surface area contributed by atoms with Crippen LogP contribution < -0.4 is 0 Å². The molecule has 0 aliphatic heterocycles. The minimum absolute atomic E-state index is 0.0799. The van der Waals surface area contributed by atoms with Crippen molar-refractivity contribution >= 4 is 12.0 Å². The van der Waals surface area contributed by atoms with E-state index >= 15 is 0 Å². The molecule has 0 radical (unpaired) electrons. The van der Waals surface area contributed by atoms with E-state index in [1.165, 1.54) is 24.3 Å². The average molecular weight is 254 g/mol. The third-order valence-corrected chi connectivity index (χ3v) is 2.39. The monoisotopic (exact) mass is 254 g/mol. The zero-order valence-corrected chi connectivity index (χ0v) is 10.4. The molecule has 0 aliphatic rings. The van der Waals surface area contributed by atoms with Crippen LogP contribution in [-0.2, 0) is 10.7 Å². The molecule has 0 heterocycles. The highest BCUT2D eigenvalue weighted by Crippen LogP contribution is 2.34. The summed E-state index contributed by atoms with van der Waals surface area (Å²) in [5.74, 6) is -4.10. The lowest BCUT2D eigenvalue weighted by Gasteiger charge is -2.19. The molecule has 0 saturated carbocycles. The van der Waals surface area contributed by atoms with Crippen LogP contribution in [-0.4, -0.2) is 11.1 Å². The summed E-state index contributed by atoms with van der Waals surface area (Å²) in [5, 5.41) is 8.49. The van der Waals surface area contributed by atoms with Crippen molar-refractivity contribution in [2.45, 2.75) is 26.2 Å². The van der Waals surface area contributed by atoms with E-state index in [1.54, 1.807) is 19.9 Å². The molecule has 0 atom stereocenters. The lowest BCUT2D eigenvalue weighted by molar-refractivity contribution is -0.131. The van der Waals surface area contributed by atoms with Crippen molar-refractivity contribution in [2.24, 2.45) is 5.92 Å². The third kappa shape index (κ3) is 4.28. The predicted molar refractivity (Wildman–Crippen MR) is 66.5 cm³/mol. The van der Waals surface area contributed by atoms with Crippen LogP contribution in [0.15, 0.2) is 30.3 Å². The predicted octanol–water partition coefficient (Wildman–Crippen LogP) is 3.92. The first kappa shape index (κ1) is 14.4. The second kappa shape index (κ2) is 5.76. The second-order valence-electron chi connectivity index (χ2n) is 4.60. The maximum absolute atomic E-state index is 13.8. The molecule has 0 amide bonds. The Labute approximate surface area is 105 Å². The van der Waals surface area contributed by atoms with Crippen LogP contribution in [0.25, 0.3) is 6.08 Å². The molecule has 1 rings (SSSR count). The highest BCUT2D eigenvalue weighted by Gasteiger charge is 2.32. The fourth-order valence-corrected chi connectivity index (χ4v) is 1.67. The highest BCUT2D eigenvalue weighted by atomic mass is 19.3. The molecule has 0 spiro atoms. The number of halogens is 2. The van der Waals surface area contributed by atoms with Crippen molar-refractivity contribution in [1.82, 2.24) is 0 Å². The van der Waals surface area contributed by atoms with Gasteiger partial charge in [0.2, 0.25) is 0 Å². The van der Waals surface area contributed by atoms with Gasteiger partial charge in [0.05, 0.1) is 0 Å². The Morgan fingerprint density at radius 3 is 2.67 bits per heavy atom. The van der Waals surface area contributed by atoms with Gasteiger partial charge in [-0.2, -0.15) is 0 Å². The van der Waals surface area contributed by atoms with Gasteiger partial charge >= 0.3 is 5.97 Å². The summed E-state index contributed by atoms with van der Waals surface area (Å²) in [6.45, 7) is 3.48. The molecule has 0 aromatic heterocycles. The molecule has 0 bridgehead atoms. The Hall–Kier alpha value is -1.71. The van der Waals surface area contributed by atoms with Crippen LogP contribution in [0, 0.1) is 5.92 Å². The smallest absolute Gasteiger partial charge is 0.328 e. The summed E-state index contributed by atoms with van der Waals surface area (Å²) >= 11 is 0. The molecule has 4 heteroatoms. The van der Waals surface area contributed by atoms with Crippen LogP contribution in [0.2, 0.25) is 0 Å². The summed E-state index contributed by atoms with van der Waals surface area (Å²) < 4.78 is 27.7. The van der Waals surface area contributed by atoms with Gasteiger partial charge in [-0.05, 0) is 23.6 Å². The van der Waals surface area contributed by atoms with Crippen molar-refractivity contribution in [1.29, 1.82) is 0 Å². The van der Waals surface area contributed by atoms with Crippen LogP contribution in [0.5, 0.6) is 0 Å². The van der Waals surface area contributed by atoms with Gasteiger partial charge < -0.3 is 5.11 Å². The van der Waals surface area contributed by atoms with E-state index in [-0.39, 0.29) is 17.9 Å². The van der Waals surface area contributed by atoms with Crippen LogP contribution in [0.4, 0.5) is 8.78 Å². The summed E-state index contributed by atoms with van der Waals surface area (Å²) in [6, 6.07) is 5.78. The average Bonchev–Trinajstić information content (AvgIpc) is 2.25. The molecular weight excluding hydrogens is 238 g/mol. The quantitative estimate of drug-likeness (QED) is 0.808. The summed E-state index contributed by atoms with van der Waals surface area (Å²) in [4.78, 5) is 10.4. The molecule has 0 fully saturated rings. The van der Waals surface area contributed by atoms with Crippen molar-refractivity contribution < 1.29 is 18.7 Å². The maximum atomic E-state index is 13.8. The molecule has 1 N–H and O–H groups in total. The minimum Gasteiger partial charge on any atom is -0.478 e. The first-order valence-corrected chi connectivity index (χ1v) is 5.70. The van der Waals surface area contributed by atoms with E-state index in [4.69, 9.17) is 5.11 Å². The molecule has 18 heavy (non-hydrogen) atoms. The number of hydrogen-bond donors (Lipinski definition) is 1. The molecular formula is C14H16F2O2. The van der Waals surface area contributed by atoms with Crippen molar-refractivity contribution in [3.63, 3.8) is 0 Å². The number of benzene rings is 1. The Balaban J connectivity index is 2.97. The fraction of sp³-hybridized carbons (Fsp3) is 0.357. The Morgan fingerprint density at radius 2 is 2.11 bits per heavy atom. The van der Waals surface area contributed by atoms with Crippen molar-refractivity contribution in [3.05, 3.63) is 41.5 Å². The Kier molecular flexibility index (Phi) is 4.59. The summed E-state index contributed by atoms with van der Waals surface area (Å²) in [5.41, 5.74) is 0.377. The zero-order valence-electron chi connectivity index (χ0n) is 10.4. The van der Waals surface area contributed by atoms with E-state index in [2.05, 4.69) is 0 Å². The van der Waals surface area contributed by atoms with Crippen molar-refractivity contribution in [2.75, 3.05) is 0 Å². The molecule has 1 aromatic rings.